The molecule has 116 valence electrons. The SMILES string of the molecule is CCCNC(=O)C(C)NC(=O)[C@H](N)Cc1ccc(O)cc1. The average molecular weight is 293 g/mol. The van der Waals surface area contributed by atoms with Gasteiger partial charge in [-0.3, -0.25) is 9.59 Å². The molecule has 1 unspecified atom stereocenters. The van der Waals surface area contributed by atoms with Gasteiger partial charge < -0.3 is 21.5 Å². The Hall–Kier alpha value is -2.08. The fourth-order valence-electron chi connectivity index (χ4n) is 1.77. The first-order chi connectivity index (χ1) is 9.93. The molecule has 0 bridgehead atoms. The molecule has 6 nitrogen and oxygen atoms in total. The summed E-state index contributed by atoms with van der Waals surface area (Å²) in [5, 5.41) is 14.5. The van der Waals surface area contributed by atoms with Crippen molar-refractivity contribution in [2.75, 3.05) is 6.54 Å². The van der Waals surface area contributed by atoms with E-state index in [1.54, 1.807) is 31.2 Å². The fraction of sp³-hybridized carbons (Fsp3) is 0.467. The molecular formula is C15H23N3O3. The molecule has 0 radical (unpaired) electrons. The molecule has 0 spiro atoms. The zero-order chi connectivity index (χ0) is 15.8. The Labute approximate surface area is 124 Å². The Kier molecular flexibility index (Phi) is 6.68. The highest BCUT2D eigenvalue weighted by molar-refractivity contribution is 5.89. The number of carbonyl (C=O) groups is 2. The van der Waals surface area contributed by atoms with Crippen molar-refractivity contribution in [1.82, 2.24) is 10.6 Å². The van der Waals surface area contributed by atoms with Crippen molar-refractivity contribution in [1.29, 1.82) is 0 Å². The summed E-state index contributed by atoms with van der Waals surface area (Å²) in [6, 6.07) is 5.15. The van der Waals surface area contributed by atoms with Crippen LogP contribution in [0.4, 0.5) is 0 Å². The molecule has 0 aliphatic carbocycles. The first kappa shape index (κ1) is 17.0. The Balaban J connectivity index is 2.46. The fourth-order valence-corrected chi connectivity index (χ4v) is 1.77. The number of nitrogens with one attached hydrogen (secondary N) is 2. The van der Waals surface area contributed by atoms with Crippen molar-refractivity contribution in [2.24, 2.45) is 5.73 Å². The average Bonchev–Trinajstić information content (AvgIpc) is 2.46. The van der Waals surface area contributed by atoms with E-state index in [1.807, 2.05) is 6.92 Å². The Morgan fingerprint density at radius 3 is 2.43 bits per heavy atom. The monoisotopic (exact) mass is 293 g/mol. The van der Waals surface area contributed by atoms with Crippen molar-refractivity contribution in [3.63, 3.8) is 0 Å². The van der Waals surface area contributed by atoms with Crippen molar-refractivity contribution >= 4 is 11.8 Å². The summed E-state index contributed by atoms with van der Waals surface area (Å²) in [5.41, 5.74) is 6.68. The number of aromatic hydroxyl groups is 1. The Morgan fingerprint density at radius 1 is 1.24 bits per heavy atom. The zero-order valence-electron chi connectivity index (χ0n) is 12.4. The first-order valence-electron chi connectivity index (χ1n) is 7.05. The highest BCUT2D eigenvalue weighted by Crippen LogP contribution is 2.10. The molecule has 0 heterocycles. The third-order valence-corrected chi connectivity index (χ3v) is 3.03. The van der Waals surface area contributed by atoms with Gasteiger partial charge in [-0.05, 0) is 37.5 Å². The molecule has 5 N–H and O–H groups in total. The van der Waals surface area contributed by atoms with Gasteiger partial charge in [-0.25, -0.2) is 0 Å². The smallest absolute Gasteiger partial charge is 0.242 e. The van der Waals surface area contributed by atoms with Crippen LogP contribution < -0.4 is 16.4 Å². The molecule has 6 heteroatoms. The van der Waals surface area contributed by atoms with Crippen LogP contribution in [-0.4, -0.2) is 35.5 Å². The number of hydrogen-bond donors (Lipinski definition) is 4. The van der Waals surface area contributed by atoms with Gasteiger partial charge in [0, 0.05) is 6.54 Å². The minimum atomic E-state index is -0.740. The summed E-state index contributed by atoms with van der Waals surface area (Å²) in [6.45, 7) is 4.16. The number of benzene rings is 1. The van der Waals surface area contributed by atoms with Gasteiger partial charge >= 0.3 is 0 Å². The van der Waals surface area contributed by atoms with E-state index in [-0.39, 0.29) is 17.6 Å². The van der Waals surface area contributed by atoms with Gasteiger partial charge in [-0.2, -0.15) is 0 Å². The maximum Gasteiger partial charge on any atom is 0.242 e. The molecule has 0 saturated carbocycles. The van der Waals surface area contributed by atoms with Crippen LogP contribution in [0, 0.1) is 0 Å². The molecule has 0 saturated heterocycles. The normalized spacial score (nSPS) is 13.3. The van der Waals surface area contributed by atoms with Crippen LogP contribution in [0.3, 0.4) is 0 Å². The van der Waals surface area contributed by atoms with Crippen molar-refractivity contribution in [2.45, 2.75) is 38.8 Å². The van der Waals surface area contributed by atoms with E-state index < -0.39 is 12.1 Å². The van der Waals surface area contributed by atoms with Gasteiger partial charge in [-0.1, -0.05) is 19.1 Å². The highest BCUT2D eigenvalue weighted by Gasteiger charge is 2.19. The van der Waals surface area contributed by atoms with E-state index in [2.05, 4.69) is 10.6 Å². The maximum absolute atomic E-state index is 11.9. The lowest BCUT2D eigenvalue weighted by Crippen LogP contribution is -2.50. The van der Waals surface area contributed by atoms with Crippen LogP contribution in [0.5, 0.6) is 5.75 Å². The molecule has 0 aromatic heterocycles. The number of phenolic OH excluding ortho intramolecular Hbond substituents is 1. The second-order valence-electron chi connectivity index (χ2n) is 5.00. The van der Waals surface area contributed by atoms with E-state index >= 15 is 0 Å². The maximum atomic E-state index is 11.9. The quantitative estimate of drug-likeness (QED) is 0.580. The van der Waals surface area contributed by atoms with Crippen molar-refractivity contribution < 1.29 is 14.7 Å². The molecule has 21 heavy (non-hydrogen) atoms. The number of hydrogen-bond acceptors (Lipinski definition) is 4. The molecule has 0 fully saturated rings. The third-order valence-electron chi connectivity index (χ3n) is 3.03. The molecule has 2 atom stereocenters. The van der Waals surface area contributed by atoms with Gasteiger partial charge in [0.1, 0.15) is 11.8 Å². The minimum absolute atomic E-state index is 0.165. The first-order valence-corrected chi connectivity index (χ1v) is 7.05. The molecule has 1 aromatic carbocycles. The highest BCUT2D eigenvalue weighted by atomic mass is 16.3. The standard InChI is InChI=1S/C15H23N3O3/c1-3-8-17-14(20)10(2)18-15(21)13(16)9-11-4-6-12(19)7-5-11/h4-7,10,13,19H,3,8-9,16H2,1-2H3,(H,17,20)(H,18,21)/t10?,13-/m1/s1. The zero-order valence-corrected chi connectivity index (χ0v) is 12.4. The molecule has 1 aromatic rings. The summed E-state index contributed by atoms with van der Waals surface area (Å²) >= 11 is 0. The molecule has 1 rings (SSSR count). The van der Waals surface area contributed by atoms with Gasteiger partial charge in [0.25, 0.3) is 0 Å². The van der Waals surface area contributed by atoms with Gasteiger partial charge in [0.05, 0.1) is 6.04 Å². The second-order valence-corrected chi connectivity index (χ2v) is 5.00. The minimum Gasteiger partial charge on any atom is -0.508 e. The molecule has 0 aliphatic heterocycles. The van der Waals surface area contributed by atoms with Gasteiger partial charge in [-0.15, -0.1) is 0 Å². The van der Waals surface area contributed by atoms with E-state index in [4.69, 9.17) is 5.73 Å². The van der Waals surface area contributed by atoms with Gasteiger partial charge in [0.2, 0.25) is 11.8 Å². The van der Waals surface area contributed by atoms with Crippen molar-refractivity contribution in [3.8, 4) is 5.75 Å². The summed E-state index contributed by atoms with van der Waals surface area (Å²) in [4.78, 5) is 23.6. The lowest BCUT2D eigenvalue weighted by Gasteiger charge is -2.17. The van der Waals surface area contributed by atoms with E-state index in [0.717, 1.165) is 12.0 Å². The van der Waals surface area contributed by atoms with E-state index in [9.17, 15) is 14.7 Å². The van der Waals surface area contributed by atoms with Gasteiger partial charge in [0.15, 0.2) is 0 Å². The van der Waals surface area contributed by atoms with Crippen LogP contribution in [0.2, 0.25) is 0 Å². The lowest BCUT2D eigenvalue weighted by molar-refractivity contribution is -0.129. The summed E-state index contributed by atoms with van der Waals surface area (Å²) in [7, 11) is 0. The number of phenols is 1. The molecular weight excluding hydrogens is 270 g/mol. The van der Waals surface area contributed by atoms with Crippen LogP contribution in [-0.2, 0) is 16.0 Å². The third kappa shape index (κ3) is 5.83. The topological polar surface area (TPSA) is 104 Å². The summed E-state index contributed by atoms with van der Waals surface area (Å²) in [6.07, 6.45) is 1.18. The summed E-state index contributed by atoms with van der Waals surface area (Å²) < 4.78 is 0. The number of amides is 2. The number of rotatable bonds is 7. The molecule has 2 amide bonds. The second kappa shape index (κ2) is 8.26. The van der Waals surface area contributed by atoms with Crippen LogP contribution >= 0.6 is 0 Å². The van der Waals surface area contributed by atoms with E-state index in [0.29, 0.717) is 13.0 Å². The van der Waals surface area contributed by atoms with Crippen molar-refractivity contribution in [3.05, 3.63) is 29.8 Å². The largest absolute Gasteiger partial charge is 0.508 e. The summed E-state index contributed by atoms with van der Waals surface area (Å²) in [5.74, 6) is -0.428. The predicted octanol–water partition coefficient (Wildman–Crippen LogP) is 0.293. The Morgan fingerprint density at radius 2 is 1.86 bits per heavy atom. The van der Waals surface area contributed by atoms with Crippen LogP contribution in [0.25, 0.3) is 0 Å². The van der Waals surface area contributed by atoms with E-state index in [1.165, 1.54) is 0 Å². The number of nitrogens with two attached hydrogens (primary N) is 1. The lowest BCUT2D eigenvalue weighted by atomic mass is 10.1. The number of carbonyl (C=O) groups excluding carboxylic acids is 2. The van der Waals surface area contributed by atoms with Crippen LogP contribution in [0.15, 0.2) is 24.3 Å². The molecule has 0 aliphatic rings. The predicted molar refractivity (Wildman–Crippen MR) is 80.7 cm³/mol. The Bertz CT molecular complexity index is 474. The van der Waals surface area contributed by atoms with Crippen LogP contribution in [0.1, 0.15) is 25.8 Å².